The topological polar surface area (TPSA) is 81.4 Å². The number of amides is 1. The van der Waals surface area contributed by atoms with Crippen LogP contribution in [-0.2, 0) is 17.0 Å². The van der Waals surface area contributed by atoms with E-state index in [2.05, 4.69) is 15.2 Å². The molecule has 0 radical (unpaired) electrons. The Morgan fingerprint density at radius 1 is 1.15 bits per heavy atom. The molecule has 0 atom stereocenters. The van der Waals surface area contributed by atoms with Crippen LogP contribution in [0.3, 0.4) is 0 Å². The van der Waals surface area contributed by atoms with Gasteiger partial charge in [-0.05, 0) is 48.7 Å². The molecular weight excluding hydrogens is 456 g/mol. The zero-order valence-corrected chi connectivity index (χ0v) is 20.5. The van der Waals surface area contributed by atoms with Crippen molar-refractivity contribution < 1.29 is 13.9 Å². The summed E-state index contributed by atoms with van der Waals surface area (Å²) in [6, 6.07) is 13.7. The van der Waals surface area contributed by atoms with Gasteiger partial charge in [-0.2, -0.15) is 0 Å². The lowest BCUT2D eigenvalue weighted by atomic mass is 10.1. The van der Waals surface area contributed by atoms with Crippen molar-refractivity contribution in [1.82, 2.24) is 15.2 Å². The highest BCUT2D eigenvalue weighted by atomic mass is 32.2. The molecule has 0 N–H and O–H groups in total. The molecule has 0 aliphatic rings. The Balaban J connectivity index is 1.41. The van der Waals surface area contributed by atoms with Crippen LogP contribution in [0.5, 0.6) is 5.75 Å². The van der Waals surface area contributed by atoms with Gasteiger partial charge in [-0.1, -0.05) is 36.0 Å². The number of hydrogen-bond acceptors (Lipinski definition) is 8. The molecule has 7 nitrogen and oxygen atoms in total. The van der Waals surface area contributed by atoms with E-state index >= 15 is 0 Å². The Hall–Kier alpha value is -3.17. The van der Waals surface area contributed by atoms with Gasteiger partial charge in [0, 0.05) is 18.1 Å². The molecule has 2 aromatic carbocycles. The predicted octanol–water partition coefficient (Wildman–Crippen LogP) is 5.72. The lowest BCUT2D eigenvalue weighted by molar-refractivity contribution is -0.115. The van der Waals surface area contributed by atoms with Crippen molar-refractivity contribution in [2.75, 3.05) is 12.0 Å². The van der Waals surface area contributed by atoms with E-state index in [1.54, 1.807) is 18.9 Å². The Bertz CT molecular complexity index is 1250. The number of thioether (sulfide) groups is 1. The SMILES string of the molecule is COc1ccc(Cc2nnc(SCc3csc(N(C(C)=O)c4cccc(C)c4C)n3)o2)cc1. The maximum absolute atomic E-state index is 12.4. The molecule has 0 fully saturated rings. The highest BCUT2D eigenvalue weighted by Crippen LogP contribution is 2.33. The first kappa shape index (κ1) is 23.0. The van der Waals surface area contributed by atoms with E-state index in [0.29, 0.717) is 28.4 Å². The van der Waals surface area contributed by atoms with Crippen molar-refractivity contribution in [3.8, 4) is 5.75 Å². The summed E-state index contributed by atoms with van der Waals surface area (Å²) in [5, 5.41) is 11.4. The van der Waals surface area contributed by atoms with Crippen LogP contribution in [0.25, 0.3) is 0 Å². The molecular formula is C24H24N4O3S2. The van der Waals surface area contributed by atoms with Crippen molar-refractivity contribution in [3.63, 3.8) is 0 Å². The number of rotatable bonds is 8. The van der Waals surface area contributed by atoms with Gasteiger partial charge in [-0.15, -0.1) is 21.5 Å². The molecule has 0 bridgehead atoms. The van der Waals surface area contributed by atoms with Crippen LogP contribution in [-0.4, -0.2) is 28.2 Å². The van der Waals surface area contributed by atoms with E-state index in [1.165, 1.54) is 23.1 Å². The van der Waals surface area contributed by atoms with Crippen LogP contribution in [0.15, 0.2) is 57.5 Å². The Morgan fingerprint density at radius 2 is 1.94 bits per heavy atom. The molecule has 0 aliphatic heterocycles. The molecule has 33 heavy (non-hydrogen) atoms. The van der Waals surface area contributed by atoms with Crippen molar-refractivity contribution >= 4 is 39.8 Å². The summed E-state index contributed by atoms with van der Waals surface area (Å²) in [6.45, 7) is 5.61. The Labute approximate surface area is 200 Å². The minimum atomic E-state index is -0.0719. The van der Waals surface area contributed by atoms with Gasteiger partial charge < -0.3 is 9.15 Å². The minimum absolute atomic E-state index is 0.0719. The Morgan fingerprint density at radius 3 is 2.67 bits per heavy atom. The molecule has 0 saturated heterocycles. The lowest BCUT2D eigenvalue weighted by Crippen LogP contribution is -2.23. The second-order valence-corrected chi connectivity index (χ2v) is 9.23. The summed E-state index contributed by atoms with van der Waals surface area (Å²) in [7, 11) is 1.64. The quantitative estimate of drug-likeness (QED) is 0.298. The van der Waals surface area contributed by atoms with Crippen molar-refractivity contribution in [2.45, 2.75) is 38.2 Å². The number of aryl methyl sites for hydroxylation is 1. The molecule has 4 aromatic rings. The van der Waals surface area contributed by atoms with Gasteiger partial charge in [0.2, 0.25) is 11.8 Å². The minimum Gasteiger partial charge on any atom is -0.497 e. The monoisotopic (exact) mass is 480 g/mol. The summed E-state index contributed by atoms with van der Waals surface area (Å²) in [6.07, 6.45) is 0.557. The maximum Gasteiger partial charge on any atom is 0.276 e. The summed E-state index contributed by atoms with van der Waals surface area (Å²) in [5.41, 5.74) is 4.97. The van der Waals surface area contributed by atoms with E-state index in [9.17, 15) is 4.79 Å². The van der Waals surface area contributed by atoms with Gasteiger partial charge in [0.1, 0.15) is 5.75 Å². The highest BCUT2D eigenvalue weighted by molar-refractivity contribution is 7.98. The molecule has 1 amide bonds. The number of anilines is 2. The Kier molecular flexibility index (Phi) is 7.10. The number of thiazole rings is 1. The third-order valence-electron chi connectivity index (χ3n) is 5.17. The standard InChI is InChI=1S/C24H24N4O3S2/c1-15-6-5-7-21(16(15)2)28(17(3)29)23-25-19(13-32-23)14-33-24-27-26-22(31-24)12-18-8-10-20(30-4)11-9-18/h5-11,13H,12,14H2,1-4H3. The predicted molar refractivity (Wildman–Crippen MR) is 131 cm³/mol. The lowest BCUT2D eigenvalue weighted by Gasteiger charge is -2.21. The molecule has 0 saturated carbocycles. The molecule has 9 heteroatoms. The van der Waals surface area contributed by atoms with Gasteiger partial charge in [0.25, 0.3) is 5.22 Å². The van der Waals surface area contributed by atoms with E-state index in [0.717, 1.165) is 33.8 Å². The van der Waals surface area contributed by atoms with Gasteiger partial charge in [0.05, 0.1) is 24.9 Å². The summed E-state index contributed by atoms with van der Waals surface area (Å²) in [4.78, 5) is 18.8. The highest BCUT2D eigenvalue weighted by Gasteiger charge is 2.20. The van der Waals surface area contributed by atoms with Crippen LogP contribution in [0, 0.1) is 13.8 Å². The number of benzene rings is 2. The van der Waals surface area contributed by atoms with Crippen molar-refractivity contribution in [1.29, 1.82) is 0 Å². The molecule has 0 unspecified atom stereocenters. The summed E-state index contributed by atoms with van der Waals surface area (Å²) < 4.78 is 11.0. The average Bonchev–Trinajstić information content (AvgIpc) is 3.45. The maximum atomic E-state index is 12.4. The fourth-order valence-corrected chi connectivity index (χ4v) is 4.93. The second-order valence-electron chi connectivity index (χ2n) is 7.47. The van der Waals surface area contributed by atoms with E-state index < -0.39 is 0 Å². The molecule has 170 valence electrons. The molecule has 4 rings (SSSR count). The first-order chi connectivity index (χ1) is 15.9. The van der Waals surface area contributed by atoms with Gasteiger partial charge in [-0.3, -0.25) is 9.69 Å². The number of carbonyl (C=O) groups is 1. The molecule has 0 aliphatic carbocycles. The second kappa shape index (κ2) is 10.2. The zero-order valence-electron chi connectivity index (χ0n) is 18.9. The number of nitrogens with zero attached hydrogens (tertiary/aromatic N) is 4. The van der Waals surface area contributed by atoms with Crippen LogP contribution in [0.2, 0.25) is 0 Å². The number of methoxy groups -OCH3 is 1. The first-order valence-corrected chi connectivity index (χ1v) is 12.2. The number of hydrogen-bond donors (Lipinski definition) is 0. The zero-order chi connectivity index (χ0) is 23.4. The van der Waals surface area contributed by atoms with E-state index in [-0.39, 0.29) is 5.91 Å². The number of aromatic nitrogens is 3. The largest absolute Gasteiger partial charge is 0.497 e. The average molecular weight is 481 g/mol. The number of carbonyl (C=O) groups excluding carboxylic acids is 1. The van der Waals surface area contributed by atoms with Gasteiger partial charge in [-0.25, -0.2) is 4.98 Å². The van der Waals surface area contributed by atoms with Crippen LogP contribution in [0.1, 0.15) is 35.2 Å². The molecule has 0 spiro atoms. The third-order valence-corrected chi connectivity index (χ3v) is 6.90. The summed E-state index contributed by atoms with van der Waals surface area (Å²) in [5.74, 6) is 1.86. The number of ether oxygens (including phenoxy) is 1. The smallest absolute Gasteiger partial charge is 0.276 e. The summed E-state index contributed by atoms with van der Waals surface area (Å²) >= 11 is 2.87. The van der Waals surface area contributed by atoms with Crippen LogP contribution < -0.4 is 9.64 Å². The van der Waals surface area contributed by atoms with Gasteiger partial charge >= 0.3 is 0 Å². The van der Waals surface area contributed by atoms with Crippen LogP contribution >= 0.6 is 23.1 Å². The third kappa shape index (κ3) is 5.43. The first-order valence-electron chi connectivity index (χ1n) is 10.3. The van der Waals surface area contributed by atoms with E-state index in [1.807, 2.05) is 61.7 Å². The van der Waals surface area contributed by atoms with Crippen LogP contribution in [0.4, 0.5) is 10.8 Å². The van der Waals surface area contributed by atoms with Crippen molar-refractivity contribution in [3.05, 3.63) is 76.1 Å². The van der Waals surface area contributed by atoms with E-state index in [4.69, 9.17) is 9.15 Å². The normalized spacial score (nSPS) is 10.9. The van der Waals surface area contributed by atoms with Gasteiger partial charge in [0.15, 0.2) is 5.13 Å². The molecule has 2 heterocycles. The molecule has 2 aromatic heterocycles. The fourth-order valence-electron chi connectivity index (χ4n) is 3.27. The fraction of sp³-hybridized carbons (Fsp3) is 0.250. The van der Waals surface area contributed by atoms with Crippen molar-refractivity contribution in [2.24, 2.45) is 0 Å².